The molecule has 2 heterocycles. The molecular weight excluding hydrogens is 977 g/mol. The van der Waals surface area contributed by atoms with Crippen LogP contribution in [0.15, 0.2) is 116 Å². The van der Waals surface area contributed by atoms with Crippen LogP contribution in [0.5, 0.6) is 0 Å². The molecule has 372 valence electrons. The van der Waals surface area contributed by atoms with Crippen LogP contribution in [0.3, 0.4) is 0 Å². The van der Waals surface area contributed by atoms with Gasteiger partial charge in [0.25, 0.3) is 30.4 Å². The SMILES string of the molecule is CC[N+]1=C(/C=C/C=C/C=C/C=C2/N(CCCCCC(=O)O)c3ccc4c(S(=O)(=O)[O-])cc(S(=O)(=O)O)cc4c3C2(C)CCOCCOC)C(C)(C)c2c1ccc1c(S(=O)(=O)O)cc(S(=O)(=O)O)cc21. The van der Waals surface area contributed by atoms with E-state index in [1.54, 1.807) is 42.5 Å². The highest BCUT2D eigenvalue weighted by Gasteiger charge is 2.47. The molecule has 0 radical (unpaired) electrons. The summed E-state index contributed by atoms with van der Waals surface area (Å²) >= 11 is 0. The molecule has 2 aliphatic rings. The predicted molar refractivity (Wildman–Crippen MR) is 257 cm³/mol. The molecule has 4 N–H and O–H groups in total. The van der Waals surface area contributed by atoms with E-state index in [9.17, 15) is 61.8 Å². The highest BCUT2D eigenvalue weighted by molar-refractivity contribution is 7.87. The maximum Gasteiger partial charge on any atom is 0.303 e. The number of hydrogen-bond acceptors (Lipinski definition) is 13. The summed E-state index contributed by atoms with van der Waals surface area (Å²) in [5, 5.41) is 9.60. The van der Waals surface area contributed by atoms with Crippen LogP contribution in [0.2, 0.25) is 0 Å². The second-order valence-electron chi connectivity index (χ2n) is 17.3. The Morgan fingerprint density at radius 3 is 1.91 bits per heavy atom. The Kier molecular flexibility index (Phi) is 15.7. The molecular formula is C47H54N2O16S4. The first-order valence-electron chi connectivity index (χ1n) is 21.7. The van der Waals surface area contributed by atoms with Crippen molar-refractivity contribution in [2.75, 3.05) is 44.9 Å². The molecule has 18 nitrogen and oxygen atoms in total. The minimum Gasteiger partial charge on any atom is -0.744 e. The van der Waals surface area contributed by atoms with Crippen LogP contribution in [0.1, 0.15) is 70.9 Å². The van der Waals surface area contributed by atoms with E-state index in [1.807, 2.05) is 49.3 Å². The van der Waals surface area contributed by atoms with Crippen molar-refractivity contribution in [1.29, 1.82) is 0 Å². The van der Waals surface area contributed by atoms with Crippen molar-refractivity contribution in [3.05, 3.63) is 108 Å². The lowest BCUT2D eigenvalue weighted by Gasteiger charge is -2.31. The number of anilines is 1. The summed E-state index contributed by atoms with van der Waals surface area (Å²) in [6, 6.07) is 9.95. The first-order chi connectivity index (χ1) is 32.2. The fourth-order valence-electron chi connectivity index (χ4n) is 9.42. The third kappa shape index (κ3) is 11.1. The van der Waals surface area contributed by atoms with Crippen LogP contribution in [-0.2, 0) is 65.6 Å². The average molecular weight is 1030 g/mol. The quantitative estimate of drug-likeness (QED) is 0.0281. The molecule has 6 rings (SSSR count). The van der Waals surface area contributed by atoms with Gasteiger partial charge in [0.05, 0.1) is 33.3 Å². The summed E-state index contributed by atoms with van der Waals surface area (Å²) in [5.74, 6) is -0.929. The molecule has 0 aliphatic carbocycles. The van der Waals surface area contributed by atoms with Crippen LogP contribution >= 0.6 is 0 Å². The van der Waals surface area contributed by atoms with E-state index in [-0.39, 0.29) is 47.6 Å². The summed E-state index contributed by atoms with van der Waals surface area (Å²) in [7, 11) is -18.5. The van der Waals surface area contributed by atoms with Crippen molar-refractivity contribution in [2.24, 2.45) is 0 Å². The number of benzene rings is 4. The first kappa shape index (κ1) is 53.2. The van der Waals surface area contributed by atoms with Gasteiger partial charge in [-0.2, -0.15) is 29.8 Å². The number of aliphatic carboxylic acids is 1. The van der Waals surface area contributed by atoms with E-state index in [0.29, 0.717) is 73.2 Å². The molecule has 0 bridgehead atoms. The summed E-state index contributed by atoms with van der Waals surface area (Å²) in [5.41, 5.74) is 1.91. The number of nitrogens with zero attached hydrogens (tertiary/aromatic N) is 2. The summed E-state index contributed by atoms with van der Waals surface area (Å²) in [6.45, 7) is 9.13. The van der Waals surface area contributed by atoms with Crippen LogP contribution in [0, 0.1) is 0 Å². The molecule has 4 aromatic rings. The van der Waals surface area contributed by atoms with Crippen molar-refractivity contribution in [3.8, 4) is 0 Å². The van der Waals surface area contributed by atoms with Crippen LogP contribution in [0.4, 0.5) is 11.4 Å². The second kappa shape index (κ2) is 20.3. The number of ether oxygens (including phenoxy) is 2. The molecule has 22 heteroatoms. The summed E-state index contributed by atoms with van der Waals surface area (Å²) < 4.78 is 155. The fourth-order valence-corrected chi connectivity index (χ4v) is 12.1. The van der Waals surface area contributed by atoms with E-state index < -0.39 is 76.9 Å². The highest BCUT2D eigenvalue weighted by Crippen LogP contribution is 2.54. The maximum absolute atomic E-state index is 12.6. The van der Waals surface area contributed by atoms with Gasteiger partial charge >= 0.3 is 5.97 Å². The maximum atomic E-state index is 12.6. The lowest BCUT2D eigenvalue weighted by atomic mass is 9.76. The molecule has 4 aromatic carbocycles. The van der Waals surface area contributed by atoms with E-state index in [2.05, 4.69) is 0 Å². The Morgan fingerprint density at radius 1 is 0.725 bits per heavy atom. The lowest BCUT2D eigenvalue weighted by Crippen LogP contribution is -2.30. The van der Waals surface area contributed by atoms with E-state index >= 15 is 0 Å². The molecule has 0 spiro atoms. The number of unbranched alkanes of at least 4 members (excludes halogenated alkanes) is 2. The van der Waals surface area contributed by atoms with Gasteiger partial charge < -0.3 is 24.0 Å². The Morgan fingerprint density at radius 2 is 1.32 bits per heavy atom. The van der Waals surface area contributed by atoms with Crippen LogP contribution in [0.25, 0.3) is 21.5 Å². The van der Waals surface area contributed by atoms with Gasteiger partial charge in [0, 0.05) is 66.6 Å². The average Bonchev–Trinajstić information content (AvgIpc) is 3.62. The molecule has 69 heavy (non-hydrogen) atoms. The van der Waals surface area contributed by atoms with Gasteiger partial charge in [-0.15, -0.1) is 0 Å². The molecule has 0 fully saturated rings. The minimum atomic E-state index is -5.25. The molecule has 0 aromatic heterocycles. The van der Waals surface area contributed by atoms with Gasteiger partial charge in [-0.1, -0.05) is 42.9 Å². The molecule has 0 saturated carbocycles. The Balaban J connectivity index is 1.41. The highest BCUT2D eigenvalue weighted by atomic mass is 32.2. The Bertz CT molecular complexity index is 3340. The third-order valence-electron chi connectivity index (χ3n) is 12.5. The van der Waals surface area contributed by atoms with Gasteiger partial charge in [0.1, 0.15) is 21.6 Å². The topological polar surface area (TPSA) is 282 Å². The largest absolute Gasteiger partial charge is 0.744 e. The summed E-state index contributed by atoms with van der Waals surface area (Å²) in [6.07, 6.45) is 14.3. The molecule has 1 unspecified atom stereocenters. The van der Waals surface area contributed by atoms with Gasteiger partial charge in [0.2, 0.25) is 5.69 Å². The second-order valence-corrected chi connectivity index (χ2v) is 22.9. The van der Waals surface area contributed by atoms with E-state index in [4.69, 9.17) is 9.47 Å². The standard InChI is InChI=1S/C47H54N2O16S4/c1-6-48-37-20-18-33-35(27-31(66(52,53)54)29-39(33)68(58,59)60)44(37)46(2,3)41(48)15-11-8-7-9-12-16-42-47(4,22-24-65-26-25-64-5)45-36-28-32(67(55,56)57)30-40(69(61,62)63)34(36)19-21-38(45)49(42)23-14-10-13-17-43(50)51/h7-9,11-12,15-16,18-21,27-30H,6,10,13-14,17,22-26H2,1-5H3,(H4-,50,51,52,53,54,55,56,57,58,59,60,61,62,63). The number of carboxylic acid groups (broad SMARTS) is 1. The first-order valence-corrected chi connectivity index (χ1v) is 27.4. The molecule has 0 saturated heterocycles. The number of carboxylic acids is 1. The Hall–Kier alpha value is -5.14. The van der Waals surface area contributed by atoms with E-state index in [1.165, 1.54) is 25.3 Å². The number of allylic oxidation sites excluding steroid dienone is 8. The zero-order valence-corrected chi connectivity index (χ0v) is 41.7. The van der Waals surface area contributed by atoms with Crippen molar-refractivity contribution in [3.63, 3.8) is 0 Å². The predicted octanol–water partition coefficient (Wildman–Crippen LogP) is 7.06. The number of rotatable bonds is 21. The van der Waals surface area contributed by atoms with Crippen LogP contribution < -0.4 is 4.90 Å². The zero-order valence-electron chi connectivity index (χ0n) is 38.4. The molecule has 0 amide bonds. The van der Waals surface area contributed by atoms with Crippen molar-refractivity contribution in [1.82, 2.24) is 0 Å². The van der Waals surface area contributed by atoms with Crippen molar-refractivity contribution >= 4 is 85.1 Å². The van der Waals surface area contributed by atoms with Gasteiger partial charge in [-0.3, -0.25) is 18.5 Å². The number of methoxy groups -OCH3 is 1. The third-order valence-corrected chi connectivity index (χ3v) is 15.9. The number of carbonyl (C=O) groups is 1. The van der Waals surface area contributed by atoms with Crippen LogP contribution in [-0.4, -0.2) is 113 Å². The molecule has 1 atom stereocenters. The lowest BCUT2D eigenvalue weighted by molar-refractivity contribution is -0.433. The van der Waals surface area contributed by atoms with E-state index in [0.717, 1.165) is 17.8 Å². The van der Waals surface area contributed by atoms with Crippen molar-refractivity contribution < 1.29 is 75.8 Å². The van der Waals surface area contributed by atoms with Crippen molar-refractivity contribution in [2.45, 2.75) is 90.2 Å². The minimum absolute atomic E-state index is 0.0261. The Labute approximate surface area is 401 Å². The number of fused-ring (bicyclic) bond motifs is 6. The smallest absolute Gasteiger partial charge is 0.303 e. The number of hydrogen-bond donors (Lipinski definition) is 4. The summed E-state index contributed by atoms with van der Waals surface area (Å²) in [4.78, 5) is 10.3. The molecule has 2 aliphatic heterocycles. The van der Waals surface area contributed by atoms with Gasteiger partial charge in [0.15, 0.2) is 5.71 Å². The fraction of sp³-hybridized carbons (Fsp3) is 0.362. The van der Waals surface area contributed by atoms with Gasteiger partial charge in [-0.25, -0.2) is 8.42 Å². The normalized spacial score (nSPS) is 18.3. The monoisotopic (exact) mass is 1030 g/mol. The van der Waals surface area contributed by atoms with Gasteiger partial charge in [-0.05, 0) is 111 Å². The zero-order chi connectivity index (χ0) is 50.9.